The van der Waals surface area contributed by atoms with E-state index in [-0.39, 0.29) is 0 Å². The van der Waals surface area contributed by atoms with Gasteiger partial charge in [-0.3, -0.25) is 16.1 Å². The molecule has 0 unspecified atom stereocenters. The van der Waals surface area contributed by atoms with Crippen molar-refractivity contribution in [1.29, 1.82) is 0 Å². The fourth-order valence-electron chi connectivity index (χ4n) is 0.778. The maximum atomic E-state index is 5.37. The Morgan fingerprint density at radius 2 is 1.82 bits per heavy atom. The molecule has 0 spiro atoms. The molecule has 1 aromatic rings. The van der Waals surface area contributed by atoms with Crippen LogP contribution in [0.5, 0.6) is 0 Å². The quantitative estimate of drug-likeness (QED) is 0.589. The van der Waals surface area contributed by atoms with Crippen LogP contribution < -0.4 is 16.1 Å². The van der Waals surface area contributed by atoms with Gasteiger partial charge in [0.05, 0.1) is 0 Å². The Morgan fingerprint density at radius 1 is 1.18 bits per heavy atom. The first-order valence-electron chi connectivity index (χ1n) is 3.36. The fraction of sp³-hybridized carbons (Fsp3) is 0.143. The first-order valence-corrected chi connectivity index (χ1v) is 4.84. The third-order valence-electron chi connectivity index (χ3n) is 1.31. The Labute approximate surface area is 67.7 Å². The molecule has 0 saturated carbocycles. The molecule has 0 saturated heterocycles. The summed E-state index contributed by atoms with van der Waals surface area (Å²) in [5.41, 5.74) is 11.9. The van der Waals surface area contributed by atoms with Crippen molar-refractivity contribution in [2.24, 2.45) is 11.0 Å². The summed E-state index contributed by atoms with van der Waals surface area (Å²) >= 11 is 0. The lowest BCUT2D eigenvalue weighted by Gasteiger charge is -2.06. The minimum atomic E-state index is -0.974. The minimum Gasteiger partial charge on any atom is -0.285 e. The molecular formula is C7H12N3P. The van der Waals surface area contributed by atoms with Crippen molar-refractivity contribution in [2.75, 3.05) is 0 Å². The zero-order valence-corrected chi connectivity index (χ0v) is 7.09. The van der Waals surface area contributed by atoms with E-state index in [9.17, 15) is 0 Å². The Hall–Kier alpha value is -0.470. The fourth-order valence-corrected chi connectivity index (χ4v) is 1.14. The largest absolute Gasteiger partial charge is 0.285 e. The number of hydrogen-bond acceptors (Lipinski definition) is 3. The van der Waals surface area contributed by atoms with Crippen LogP contribution in [0.2, 0.25) is 0 Å². The standard InChI is InChI=1S/C7H12N3P/c8-11(9)10-6-7-4-2-1-3-5-7/h1-5,10H,6,8-9H2. The second-order valence-electron chi connectivity index (χ2n) is 2.23. The van der Waals surface area contributed by atoms with E-state index in [1.54, 1.807) is 0 Å². The number of rotatable bonds is 3. The highest BCUT2D eigenvalue weighted by Crippen LogP contribution is 2.07. The normalized spacial score (nSPS) is 10.5. The van der Waals surface area contributed by atoms with Gasteiger partial charge in [0.1, 0.15) is 8.37 Å². The van der Waals surface area contributed by atoms with Gasteiger partial charge in [0.25, 0.3) is 0 Å². The monoisotopic (exact) mass is 169 g/mol. The van der Waals surface area contributed by atoms with Gasteiger partial charge in [-0.1, -0.05) is 30.3 Å². The summed E-state index contributed by atoms with van der Waals surface area (Å²) in [5, 5.41) is 2.98. The van der Waals surface area contributed by atoms with Crippen LogP contribution in [0.3, 0.4) is 0 Å². The van der Waals surface area contributed by atoms with E-state index in [1.165, 1.54) is 5.56 Å². The molecule has 11 heavy (non-hydrogen) atoms. The van der Waals surface area contributed by atoms with Gasteiger partial charge in [-0.15, -0.1) is 0 Å². The predicted octanol–water partition coefficient (Wildman–Crippen LogP) is 0.920. The maximum Gasteiger partial charge on any atom is 0.106 e. The smallest absolute Gasteiger partial charge is 0.106 e. The zero-order chi connectivity index (χ0) is 8.10. The molecule has 3 nitrogen and oxygen atoms in total. The Bertz CT molecular complexity index is 200. The topological polar surface area (TPSA) is 64.1 Å². The highest BCUT2D eigenvalue weighted by Gasteiger charge is 1.92. The van der Waals surface area contributed by atoms with E-state index >= 15 is 0 Å². The molecule has 0 heterocycles. The molecule has 1 rings (SSSR count). The molecule has 60 valence electrons. The van der Waals surface area contributed by atoms with Gasteiger partial charge in [0.2, 0.25) is 0 Å². The van der Waals surface area contributed by atoms with E-state index in [2.05, 4.69) is 5.09 Å². The van der Waals surface area contributed by atoms with Crippen LogP contribution in [-0.4, -0.2) is 0 Å². The number of hydrogen-bond donors (Lipinski definition) is 3. The summed E-state index contributed by atoms with van der Waals surface area (Å²) in [6, 6.07) is 10.0. The number of benzene rings is 1. The summed E-state index contributed by atoms with van der Waals surface area (Å²) in [7, 11) is -0.974. The van der Waals surface area contributed by atoms with Crippen LogP contribution in [0, 0.1) is 0 Å². The lowest BCUT2D eigenvalue weighted by Crippen LogP contribution is -2.16. The lowest BCUT2D eigenvalue weighted by molar-refractivity contribution is 0.955. The van der Waals surface area contributed by atoms with Gasteiger partial charge in [0, 0.05) is 6.54 Å². The van der Waals surface area contributed by atoms with Crippen LogP contribution in [0.4, 0.5) is 0 Å². The van der Waals surface area contributed by atoms with Gasteiger partial charge in [0.15, 0.2) is 0 Å². The van der Waals surface area contributed by atoms with Crippen molar-refractivity contribution in [2.45, 2.75) is 6.54 Å². The van der Waals surface area contributed by atoms with Crippen molar-refractivity contribution < 1.29 is 0 Å². The summed E-state index contributed by atoms with van der Waals surface area (Å²) in [6.45, 7) is 0.750. The van der Waals surface area contributed by atoms with Crippen molar-refractivity contribution in [3.63, 3.8) is 0 Å². The average molecular weight is 169 g/mol. The first kappa shape index (κ1) is 8.62. The molecule has 0 fully saturated rings. The molecule has 4 heteroatoms. The molecule has 5 N–H and O–H groups in total. The van der Waals surface area contributed by atoms with Crippen LogP contribution in [0.25, 0.3) is 0 Å². The highest BCUT2D eigenvalue weighted by atomic mass is 31.1. The summed E-state index contributed by atoms with van der Waals surface area (Å²) in [6.07, 6.45) is 0. The van der Waals surface area contributed by atoms with Crippen LogP contribution >= 0.6 is 8.37 Å². The average Bonchev–Trinajstić information content (AvgIpc) is 2.03. The van der Waals surface area contributed by atoms with Crippen molar-refractivity contribution in [1.82, 2.24) is 5.09 Å². The molecule has 0 aromatic heterocycles. The van der Waals surface area contributed by atoms with Crippen LogP contribution in [0.1, 0.15) is 5.56 Å². The van der Waals surface area contributed by atoms with E-state index in [0.29, 0.717) is 0 Å². The predicted molar refractivity (Wildman–Crippen MR) is 48.6 cm³/mol. The van der Waals surface area contributed by atoms with E-state index in [1.807, 2.05) is 30.3 Å². The van der Waals surface area contributed by atoms with Gasteiger partial charge < -0.3 is 0 Å². The highest BCUT2D eigenvalue weighted by molar-refractivity contribution is 7.50. The molecule has 0 radical (unpaired) electrons. The van der Waals surface area contributed by atoms with Gasteiger partial charge in [-0.05, 0) is 5.56 Å². The third-order valence-corrected chi connectivity index (χ3v) is 1.83. The number of nitrogens with one attached hydrogen (secondary N) is 1. The summed E-state index contributed by atoms with van der Waals surface area (Å²) in [5.74, 6) is 0. The SMILES string of the molecule is NP(N)NCc1ccccc1. The summed E-state index contributed by atoms with van der Waals surface area (Å²) in [4.78, 5) is 0. The van der Waals surface area contributed by atoms with Crippen LogP contribution in [-0.2, 0) is 6.54 Å². The number of nitrogens with two attached hydrogens (primary N) is 2. The molecule has 0 amide bonds. The summed E-state index contributed by atoms with van der Waals surface area (Å²) < 4.78 is 0. The molecule has 1 aromatic carbocycles. The van der Waals surface area contributed by atoms with Gasteiger partial charge >= 0.3 is 0 Å². The second-order valence-corrected chi connectivity index (χ2v) is 3.36. The van der Waals surface area contributed by atoms with E-state index in [4.69, 9.17) is 11.0 Å². The molecule has 0 atom stereocenters. The van der Waals surface area contributed by atoms with Crippen molar-refractivity contribution in [3.8, 4) is 0 Å². The van der Waals surface area contributed by atoms with Gasteiger partial charge in [-0.25, -0.2) is 0 Å². The van der Waals surface area contributed by atoms with E-state index < -0.39 is 8.37 Å². The third kappa shape index (κ3) is 3.44. The van der Waals surface area contributed by atoms with Crippen molar-refractivity contribution in [3.05, 3.63) is 35.9 Å². The molecule has 0 aliphatic carbocycles. The van der Waals surface area contributed by atoms with Crippen LogP contribution in [0.15, 0.2) is 30.3 Å². The zero-order valence-electron chi connectivity index (χ0n) is 6.20. The molecule has 0 aliphatic heterocycles. The maximum absolute atomic E-state index is 5.37. The lowest BCUT2D eigenvalue weighted by atomic mass is 10.2. The molecule has 0 bridgehead atoms. The Kier molecular flexibility index (Phi) is 3.46. The minimum absolute atomic E-state index is 0.750. The Balaban J connectivity index is 2.39. The first-order chi connectivity index (χ1) is 5.29. The molecular weight excluding hydrogens is 157 g/mol. The van der Waals surface area contributed by atoms with Crippen molar-refractivity contribution >= 4 is 8.37 Å². The Morgan fingerprint density at radius 3 is 2.36 bits per heavy atom. The second kappa shape index (κ2) is 4.42. The van der Waals surface area contributed by atoms with Gasteiger partial charge in [-0.2, -0.15) is 0 Å². The molecule has 0 aliphatic rings. The van der Waals surface area contributed by atoms with E-state index in [0.717, 1.165) is 6.54 Å².